The predicted octanol–water partition coefficient (Wildman–Crippen LogP) is 1.14. The van der Waals surface area contributed by atoms with Crippen molar-refractivity contribution in [2.75, 3.05) is 50.8 Å². The molecule has 0 bridgehead atoms. The second kappa shape index (κ2) is 9.71. The fourth-order valence-corrected chi connectivity index (χ4v) is 5.25. The molecule has 0 unspecified atom stereocenters. The van der Waals surface area contributed by atoms with Gasteiger partial charge in [-0.3, -0.25) is 4.79 Å². The van der Waals surface area contributed by atoms with Gasteiger partial charge in [0.05, 0.1) is 18.1 Å². The minimum Gasteiger partial charge on any atom is -0.379 e. The van der Waals surface area contributed by atoms with Crippen molar-refractivity contribution in [1.29, 1.82) is 0 Å². The topological polar surface area (TPSA) is 105 Å². The highest BCUT2D eigenvalue weighted by Crippen LogP contribution is 2.20. The first-order chi connectivity index (χ1) is 15.0. The summed E-state index contributed by atoms with van der Waals surface area (Å²) in [5.74, 6) is 0.950. The number of rotatable bonds is 6. The first-order valence-corrected chi connectivity index (χ1v) is 12.0. The first-order valence-electron chi connectivity index (χ1n) is 10.5. The molecule has 2 aromatic rings. The number of hydrogen-bond acceptors (Lipinski definition) is 7. The second-order valence-electron chi connectivity index (χ2n) is 7.73. The largest absolute Gasteiger partial charge is 0.379 e. The summed E-state index contributed by atoms with van der Waals surface area (Å²) in [5, 5.41) is 2.98. The maximum absolute atomic E-state index is 12.7. The SMILES string of the molecule is O=C(NCC1CCN(c2ncccn2)CC1)c1ccc(S(=O)(=O)N2CCOCC2)cc1. The highest BCUT2D eigenvalue weighted by atomic mass is 32.2. The van der Waals surface area contributed by atoms with Gasteiger partial charge in [0.1, 0.15) is 0 Å². The van der Waals surface area contributed by atoms with Gasteiger partial charge in [0, 0.05) is 50.7 Å². The van der Waals surface area contributed by atoms with Crippen molar-refractivity contribution >= 4 is 21.9 Å². The molecule has 2 aliphatic heterocycles. The Morgan fingerprint density at radius 1 is 1.03 bits per heavy atom. The molecular weight excluding hydrogens is 418 g/mol. The van der Waals surface area contributed by atoms with Crippen molar-refractivity contribution in [3.63, 3.8) is 0 Å². The van der Waals surface area contributed by atoms with Crippen LogP contribution in [0.3, 0.4) is 0 Å². The van der Waals surface area contributed by atoms with E-state index < -0.39 is 10.0 Å². The van der Waals surface area contributed by atoms with Crippen LogP contribution >= 0.6 is 0 Å². The van der Waals surface area contributed by atoms with E-state index in [0.29, 0.717) is 44.3 Å². The highest BCUT2D eigenvalue weighted by Gasteiger charge is 2.26. The summed E-state index contributed by atoms with van der Waals surface area (Å²) in [4.78, 5) is 23.4. The lowest BCUT2D eigenvalue weighted by atomic mass is 9.97. The van der Waals surface area contributed by atoms with E-state index in [4.69, 9.17) is 4.74 Å². The molecule has 0 atom stereocenters. The molecule has 1 N–H and O–H groups in total. The molecule has 4 rings (SSSR count). The van der Waals surface area contributed by atoms with E-state index >= 15 is 0 Å². The summed E-state index contributed by atoms with van der Waals surface area (Å²) >= 11 is 0. The van der Waals surface area contributed by atoms with Crippen molar-refractivity contribution in [2.24, 2.45) is 5.92 Å². The molecule has 10 heteroatoms. The van der Waals surface area contributed by atoms with Crippen molar-refractivity contribution in [2.45, 2.75) is 17.7 Å². The number of benzene rings is 1. The molecule has 2 saturated heterocycles. The molecule has 1 amide bonds. The van der Waals surface area contributed by atoms with Crippen molar-refractivity contribution < 1.29 is 17.9 Å². The van der Waals surface area contributed by atoms with E-state index in [1.807, 2.05) is 0 Å². The zero-order chi connectivity index (χ0) is 21.7. The van der Waals surface area contributed by atoms with E-state index in [0.717, 1.165) is 31.9 Å². The molecule has 3 heterocycles. The van der Waals surface area contributed by atoms with E-state index in [-0.39, 0.29) is 10.8 Å². The smallest absolute Gasteiger partial charge is 0.251 e. The molecule has 9 nitrogen and oxygen atoms in total. The van der Waals surface area contributed by atoms with Crippen LogP contribution in [0.25, 0.3) is 0 Å². The molecule has 0 radical (unpaired) electrons. The fourth-order valence-electron chi connectivity index (χ4n) is 3.85. The second-order valence-corrected chi connectivity index (χ2v) is 9.67. The van der Waals surface area contributed by atoms with Crippen LogP contribution in [0.1, 0.15) is 23.2 Å². The Bertz CT molecular complexity index is 971. The van der Waals surface area contributed by atoms with Gasteiger partial charge in [-0.05, 0) is 49.1 Å². The van der Waals surface area contributed by atoms with E-state index in [9.17, 15) is 13.2 Å². The third kappa shape index (κ3) is 5.20. The molecule has 0 saturated carbocycles. The Balaban J connectivity index is 1.27. The standard InChI is InChI=1S/C21H27N5O4S/c27-20(24-16-17-6-10-25(11-7-17)21-22-8-1-9-23-21)18-2-4-19(5-3-18)31(28,29)26-12-14-30-15-13-26/h1-5,8-9,17H,6-7,10-16H2,(H,24,27). The van der Waals surface area contributed by atoms with E-state index in [1.165, 1.54) is 16.4 Å². The van der Waals surface area contributed by atoms with Crippen LogP contribution in [0.15, 0.2) is 47.6 Å². The fraction of sp³-hybridized carbons (Fsp3) is 0.476. The number of piperidine rings is 1. The summed E-state index contributed by atoms with van der Waals surface area (Å²) in [5.41, 5.74) is 0.455. The van der Waals surface area contributed by atoms with Gasteiger partial charge in [0.15, 0.2) is 0 Å². The van der Waals surface area contributed by atoms with Gasteiger partial charge in [-0.25, -0.2) is 18.4 Å². The van der Waals surface area contributed by atoms with Crippen LogP contribution in [0.2, 0.25) is 0 Å². The maximum atomic E-state index is 12.7. The number of aromatic nitrogens is 2. The van der Waals surface area contributed by atoms with E-state index in [2.05, 4.69) is 20.2 Å². The third-order valence-electron chi connectivity index (χ3n) is 5.73. The molecule has 1 aromatic carbocycles. The molecule has 0 aliphatic carbocycles. The number of morpholine rings is 1. The van der Waals surface area contributed by atoms with E-state index in [1.54, 1.807) is 30.6 Å². The third-order valence-corrected chi connectivity index (χ3v) is 7.64. The molecule has 31 heavy (non-hydrogen) atoms. The number of anilines is 1. The zero-order valence-corrected chi connectivity index (χ0v) is 18.1. The number of carbonyl (C=O) groups is 1. The summed E-state index contributed by atoms with van der Waals surface area (Å²) < 4.78 is 32.0. The molecule has 0 spiro atoms. The van der Waals surface area contributed by atoms with Gasteiger partial charge in [0.2, 0.25) is 16.0 Å². The van der Waals surface area contributed by atoms with Crippen LogP contribution < -0.4 is 10.2 Å². The summed E-state index contributed by atoms with van der Waals surface area (Å²) in [7, 11) is -3.56. The van der Waals surface area contributed by atoms with Gasteiger partial charge in [-0.15, -0.1) is 0 Å². The quantitative estimate of drug-likeness (QED) is 0.711. The minimum absolute atomic E-state index is 0.191. The summed E-state index contributed by atoms with van der Waals surface area (Å²) in [6.07, 6.45) is 5.39. The number of carbonyl (C=O) groups excluding carboxylic acids is 1. The molecule has 1 aromatic heterocycles. The Morgan fingerprint density at radius 3 is 2.32 bits per heavy atom. The van der Waals surface area contributed by atoms with Gasteiger partial charge in [-0.1, -0.05) is 0 Å². The average molecular weight is 446 g/mol. The van der Waals surface area contributed by atoms with Crippen LogP contribution in [0, 0.1) is 5.92 Å². The number of hydrogen-bond donors (Lipinski definition) is 1. The Morgan fingerprint density at radius 2 is 1.68 bits per heavy atom. The number of ether oxygens (including phenoxy) is 1. The van der Waals surface area contributed by atoms with Gasteiger partial charge in [0.25, 0.3) is 5.91 Å². The van der Waals surface area contributed by atoms with Crippen LogP contribution in [0.4, 0.5) is 5.95 Å². The van der Waals surface area contributed by atoms with Gasteiger partial charge >= 0.3 is 0 Å². The molecule has 2 fully saturated rings. The summed E-state index contributed by atoms with van der Waals surface area (Å²) in [6, 6.07) is 7.93. The molecule has 166 valence electrons. The zero-order valence-electron chi connectivity index (χ0n) is 17.3. The Kier molecular flexibility index (Phi) is 6.79. The van der Waals surface area contributed by atoms with Crippen molar-refractivity contribution in [3.05, 3.63) is 48.3 Å². The maximum Gasteiger partial charge on any atom is 0.251 e. The van der Waals surface area contributed by atoms with Crippen molar-refractivity contribution in [3.8, 4) is 0 Å². The van der Waals surface area contributed by atoms with Crippen LogP contribution in [-0.4, -0.2) is 74.5 Å². The lowest BCUT2D eigenvalue weighted by Crippen LogP contribution is -2.40. The lowest BCUT2D eigenvalue weighted by Gasteiger charge is -2.31. The average Bonchev–Trinajstić information content (AvgIpc) is 2.84. The van der Waals surface area contributed by atoms with Crippen LogP contribution in [0.5, 0.6) is 0 Å². The van der Waals surface area contributed by atoms with Gasteiger partial charge < -0.3 is 15.0 Å². The molecular formula is C21H27N5O4S. The minimum atomic E-state index is -3.56. The number of sulfonamides is 1. The highest BCUT2D eigenvalue weighted by molar-refractivity contribution is 7.89. The molecule has 2 aliphatic rings. The monoisotopic (exact) mass is 445 g/mol. The number of amides is 1. The predicted molar refractivity (Wildman–Crippen MR) is 115 cm³/mol. The number of nitrogens with zero attached hydrogens (tertiary/aromatic N) is 4. The van der Waals surface area contributed by atoms with Crippen molar-refractivity contribution in [1.82, 2.24) is 19.6 Å². The number of nitrogens with one attached hydrogen (secondary N) is 1. The summed E-state index contributed by atoms with van der Waals surface area (Å²) in [6.45, 7) is 3.81. The first kappa shape index (κ1) is 21.7. The normalized spacial score (nSPS) is 18.6. The Hall–Kier alpha value is -2.56. The van der Waals surface area contributed by atoms with Crippen LogP contribution in [-0.2, 0) is 14.8 Å². The van der Waals surface area contributed by atoms with Gasteiger partial charge in [-0.2, -0.15) is 4.31 Å². The lowest BCUT2D eigenvalue weighted by molar-refractivity contribution is 0.0730. The Labute approximate surface area is 182 Å².